The van der Waals surface area contributed by atoms with Crippen molar-refractivity contribution >= 4 is 17.6 Å². The molecule has 0 aromatic heterocycles. The van der Waals surface area contributed by atoms with Gasteiger partial charge in [-0.1, -0.05) is 36.2 Å². The van der Waals surface area contributed by atoms with Gasteiger partial charge in [-0.15, -0.1) is 0 Å². The van der Waals surface area contributed by atoms with Crippen LogP contribution in [-0.2, 0) is 14.3 Å². The van der Waals surface area contributed by atoms with Crippen LogP contribution >= 0.6 is 0 Å². The molecule has 0 unspecified atom stereocenters. The fourth-order valence-corrected chi connectivity index (χ4v) is 4.92. The van der Waals surface area contributed by atoms with E-state index in [-0.39, 0.29) is 24.5 Å². The number of hydrogen-bond donors (Lipinski definition) is 0. The summed E-state index contributed by atoms with van der Waals surface area (Å²) in [5, 5.41) is 6.39. The highest BCUT2D eigenvalue weighted by atomic mass is 16.5. The Labute approximate surface area is 212 Å². The molecule has 1 fully saturated rings. The zero-order valence-electron chi connectivity index (χ0n) is 21.5. The van der Waals surface area contributed by atoms with Crippen molar-refractivity contribution in [2.45, 2.75) is 51.6 Å². The lowest BCUT2D eigenvalue weighted by molar-refractivity contribution is -0.152. The van der Waals surface area contributed by atoms with Crippen molar-refractivity contribution in [2.75, 3.05) is 33.9 Å². The average molecular weight is 494 g/mol. The molecule has 8 nitrogen and oxygen atoms in total. The van der Waals surface area contributed by atoms with Crippen LogP contribution < -0.4 is 9.47 Å². The number of hydrazone groups is 1. The van der Waals surface area contributed by atoms with Gasteiger partial charge in [0.25, 0.3) is 5.91 Å². The molecule has 0 radical (unpaired) electrons. The Bertz CT molecular complexity index is 1110. The Morgan fingerprint density at radius 2 is 1.83 bits per heavy atom. The maximum Gasteiger partial charge on any atom is 0.323 e. The van der Waals surface area contributed by atoms with Crippen LogP contribution in [0.25, 0.3) is 0 Å². The predicted octanol–water partition coefficient (Wildman–Crippen LogP) is 4.11. The van der Waals surface area contributed by atoms with Gasteiger partial charge >= 0.3 is 5.97 Å². The van der Waals surface area contributed by atoms with Gasteiger partial charge in [0.15, 0.2) is 0 Å². The number of carbonyl (C=O) groups is 2. The summed E-state index contributed by atoms with van der Waals surface area (Å²) in [5.74, 6) is 0.934. The summed E-state index contributed by atoms with van der Waals surface area (Å²) in [6.45, 7) is 4.97. The van der Waals surface area contributed by atoms with Gasteiger partial charge in [-0.05, 0) is 50.9 Å². The number of aryl methyl sites for hydroxylation is 1. The van der Waals surface area contributed by atoms with Crippen LogP contribution in [0.4, 0.5) is 0 Å². The van der Waals surface area contributed by atoms with Crippen molar-refractivity contribution in [3.05, 3.63) is 59.2 Å². The zero-order valence-corrected chi connectivity index (χ0v) is 21.5. The van der Waals surface area contributed by atoms with Crippen LogP contribution in [0.5, 0.6) is 11.5 Å². The molecule has 1 saturated heterocycles. The molecule has 1 amide bonds. The quantitative estimate of drug-likeness (QED) is 0.515. The van der Waals surface area contributed by atoms with Gasteiger partial charge in [0.1, 0.15) is 17.5 Å². The molecule has 2 aromatic carbocycles. The first-order valence-corrected chi connectivity index (χ1v) is 12.5. The fraction of sp³-hybridized carbons (Fsp3) is 0.464. The number of rotatable bonds is 8. The summed E-state index contributed by atoms with van der Waals surface area (Å²) in [6.07, 6.45) is 3.15. The van der Waals surface area contributed by atoms with Crippen LogP contribution in [0, 0.1) is 6.92 Å². The van der Waals surface area contributed by atoms with Crippen LogP contribution in [0.2, 0.25) is 0 Å². The summed E-state index contributed by atoms with van der Waals surface area (Å²) in [7, 11) is 3.22. The number of esters is 1. The van der Waals surface area contributed by atoms with Crippen LogP contribution in [-0.4, -0.2) is 67.5 Å². The normalized spacial score (nSPS) is 20.1. The lowest BCUT2D eigenvalue weighted by Gasteiger charge is -2.34. The lowest BCUT2D eigenvalue weighted by Crippen LogP contribution is -2.49. The number of ether oxygens (including phenoxy) is 3. The second-order valence-electron chi connectivity index (χ2n) is 9.22. The first kappa shape index (κ1) is 25.7. The van der Waals surface area contributed by atoms with E-state index in [0.717, 1.165) is 35.2 Å². The number of likely N-dealkylation sites (tertiary alicyclic amines) is 1. The van der Waals surface area contributed by atoms with Gasteiger partial charge in [0.2, 0.25) is 0 Å². The van der Waals surface area contributed by atoms with E-state index < -0.39 is 6.04 Å². The number of hydrogen-bond acceptors (Lipinski definition) is 7. The van der Waals surface area contributed by atoms with E-state index in [4.69, 9.17) is 19.3 Å². The highest BCUT2D eigenvalue weighted by molar-refractivity contribution is 6.05. The molecule has 4 rings (SSSR count). The number of benzene rings is 2. The van der Waals surface area contributed by atoms with Crippen molar-refractivity contribution in [1.29, 1.82) is 0 Å². The van der Waals surface area contributed by atoms with Crippen molar-refractivity contribution in [3.8, 4) is 11.5 Å². The number of piperidine rings is 1. The van der Waals surface area contributed by atoms with E-state index in [0.29, 0.717) is 37.5 Å². The standard InChI is InChI=1S/C28H35N3O5/c1-5-36-28(33)24-8-6-7-15-30(24)18-27(32)31-25(20-11-9-19(2)10-12-20)17-23(29-31)22-14-13-21(34-3)16-26(22)35-4/h9-14,16,24-25H,5-8,15,17-18H2,1-4H3/t24-,25+/m1/s1. The number of nitrogens with zero attached hydrogens (tertiary/aromatic N) is 3. The third-order valence-electron chi connectivity index (χ3n) is 6.86. The monoisotopic (exact) mass is 493 g/mol. The molecule has 2 aliphatic heterocycles. The van der Waals surface area contributed by atoms with Gasteiger partial charge in [-0.2, -0.15) is 5.10 Å². The molecule has 0 bridgehead atoms. The second kappa shape index (κ2) is 11.6. The van der Waals surface area contributed by atoms with Gasteiger partial charge in [-0.25, -0.2) is 5.01 Å². The minimum absolute atomic E-state index is 0.113. The van der Waals surface area contributed by atoms with E-state index in [9.17, 15) is 9.59 Å². The molecule has 2 aromatic rings. The highest BCUT2D eigenvalue weighted by Crippen LogP contribution is 2.36. The molecule has 2 atom stereocenters. The molecular weight excluding hydrogens is 458 g/mol. The summed E-state index contributed by atoms with van der Waals surface area (Å²) in [6, 6.07) is 13.1. The van der Waals surface area contributed by atoms with Crippen molar-refractivity contribution < 1.29 is 23.8 Å². The summed E-state index contributed by atoms with van der Waals surface area (Å²) in [5.41, 5.74) is 3.76. The Morgan fingerprint density at radius 3 is 2.53 bits per heavy atom. The topological polar surface area (TPSA) is 80.7 Å². The van der Waals surface area contributed by atoms with E-state index in [1.165, 1.54) is 0 Å². The lowest BCUT2D eigenvalue weighted by atomic mass is 9.97. The molecule has 0 aliphatic carbocycles. The van der Waals surface area contributed by atoms with Crippen LogP contribution in [0.1, 0.15) is 55.3 Å². The van der Waals surface area contributed by atoms with E-state index in [2.05, 4.69) is 0 Å². The maximum atomic E-state index is 13.7. The fourth-order valence-electron chi connectivity index (χ4n) is 4.92. The zero-order chi connectivity index (χ0) is 25.7. The van der Waals surface area contributed by atoms with Gasteiger partial charge < -0.3 is 14.2 Å². The maximum absolute atomic E-state index is 13.7. The molecule has 192 valence electrons. The molecular formula is C28H35N3O5. The van der Waals surface area contributed by atoms with Gasteiger partial charge in [0.05, 0.1) is 39.1 Å². The average Bonchev–Trinajstić information content (AvgIpc) is 3.34. The number of carbonyl (C=O) groups excluding carboxylic acids is 2. The van der Waals surface area contributed by atoms with Crippen LogP contribution in [0.3, 0.4) is 0 Å². The summed E-state index contributed by atoms with van der Waals surface area (Å²) < 4.78 is 16.2. The second-order valence-corrected chi connectivity index (χ2v) is 9.22. The van der Waals surface area contributed by atoms with E-state index in [1.54, 1.807) is 26.2 Å². The summed E-state index contributed by atoms with van der Waals surface area (Å²) >= 11 is 0. The molecule has 2 aliphatic rings. The number of amides is 1. The van der Waals surface area contributed by atoms with Crippen molar-refractivity contribution in [1.82, 2.24) is 9.91 Å². The van der Waals surface area contributed by atoms with Gasteiger partial charge in [0, 0.05) is 18.1 Å². The first-order valence-electron chi connectivity index (χ1n) is 12.5. The first-order chi connectivity index (χ1) is 17.4. The highest BCUT2D eigenvalue weighted by Gasteiger charge is 2.37. The third kappa shape index (κ3) is 5.54. The van der Waals surface area contributed by atoms with Gasteiger partial charge in [-0.3, -0.25) is 14.5 Å². The Hall–Kier alpha value is -3.39. The SMILES string of the molecule is CCOC(=O)[C@H]1CCCCN1CC(=O)N1N=C(c2ccc(OC)cc2OC)C[C@H]1c1ccc(C)cc1. The van der Waals surface area contributed by atoms with Crippen molar-refractivity contribution in [2.24, 2.45) is 5.10 Å². The minimum Gasteiger partial charge on any atom is -0.497 e. The number of methoxy groups -OCH3 is 2. The molecule has 0 spiro atoms. The Kier molecular flexibility index (Phi) is 8.25. The third-order valence-corrected chi connectivity index (χ3v) is 6.86. The molecule has 36 heavy (non-hydrogen) atoms. The summed E-state index contributed by atoms with van der Waals surface area (Å²) in [4.78, 5) is 28.2. The molecule has 0 saturated carbocycles. The minimum atomic E-state index is -0.395. The molecule has 8 heteroatoms. The predicted molar refractivity (Wildman–Crippen MR) is 137 cm³/mol. The Morgan fingerprint density at radius 1 is 1.06 bits per heavy atom. The largest absolute Gasteiger partial charge is 0.497 e. The smallest absolute Gasteiger partial charge is 0.323 e. The Balaban J connectivity index is 1.64. The van der Waals surface area contributed by atoms with Crippen molar-refractivity contribution in [3.63, 3.8) is 0 Å². The van der Waals surface area contributed by atoms with Crippen LogP contribution in [0.15, 0.2) is 47.6 Å². The van der Waals surface area contributed by atoms with E-state index in [1.807, 2.05) is 54.3 Å². The molecule has 0 N–H and O–H groups in total. The molecule has 2 heterocycles. The van der Waals surface area contributed by atoms with E-state index >= 15 is 0 Å².